The maximum atomic E-state index is 13.4. The maximum Gasteiger partial charge on any atom is 0.254 e. The number of rotatable bonds is 4. The van der Waals surface area contributed by atoms with Gasteiger partial charge in [-0.3, -0.25) is 4.79 Å². The summed E-state index contributed by atoms with van der Waals surface area (Å²) in [5.74, 6) is -0.903. The molecule has 1 aromatic heterocycles. The molecule has 0 aliphatic carbocycles. The van der Waals surface area contributed by atoms with Crippen molar-refractivity contribution in [1.82, 2.24) is 5.32 Å². The van der Waals surface area contributed by atoms with Gasteiger partial charge in [0.1, 0.15) is 12.1 Å². The van der Waals surface area contributed by atoms with Crippen LogP contribution in [0.4, 0.5) is 4.39 Å². The number of aliphatic hydroxyl groups excluding tert-OH is 1. The Hall–Kier alpha value is -1.66. The number of aliphatic hydroxyl groups is 1. The smallest absolute Gasteiger partial charge is 0.254 e. The summed E-state index contributed by atoms with van der Waals surface area (Å²) in [4.78, 5) is 11.7. The molecule has 0 spiro atoms. The van der Waals surface area contributed by atoms with Gasteiger partial charge in [0.05, 0.1) is 11.7 Å². The van der Waals surface area contributed by atoms with Gasteiger partial charge >= 0.3 is 0 Å². The second-order valence-corrected chi connectivity index (χ2v) is 4.67. The lowest BCUT2D eigenvalue weighted by Gasteiger charge is -2.12. The Bertz CT molecular complexity index is 585. The predicted molar refractivity (Wildman–Crippen MR) is 70.1 cm³/mol. The van der Waals surface area contributed by atoms with Crippen LogP contribution in [0.5, 0.6) is 0 Å². The molecule has 0 saturated carbocycles. The number of carbonyl (C=O) groups is 1. The third-order valence-electron chi connectivity index (χ3n) is 2.55. The highest BCUT2D eigenvalue weighted by Gasteiger charge is 2.15. The van der Waals surface area contributed by atoms with Gasteiger partial charge in [0.15, 0.2) is 4.67 Å². The molecule has 0 aliphatic rings. The average Bonchev–Trinajstić information content (AvgIpc) is 2.83. The lowest BCUT2D eigenvalue weighted by atomic mass is 10.1. The number of carbonyl (C=O) groups excluding carboxylic acids is 1. The van der Waals surface area contributed by atoms with Crippen LogP contribution in [-0.4, -0.2) is 17.6 Å². The van der Waals surface area contributed by atoms with E-state index in [4.69, 9.17) is 4.42 Å². The summed E-state index contributed by atoms with van der Waals surface area (Å²) in [5, 5.41) is 12.3. The third-order valence-corrected chi connectivity index (χ3v) is 2.97. The number of halogens is 2. The molecule has 0 fully saturated rings. The molecule has 2 rings (SSSR count). The summed E-state index contributed by atoms with van der Waals surface area (Å²) in [6.07, 6.45) is 0.190. The highest BCUT2D eigenvalue weighted by Crippen LogP contribution is 2.17. The van der Waals surface area contributed by atoms with Gasteiger partial charge < -0.3 is 14.8 Å². The van der Waals surface area contributed by atoms with Crippen LogP contribution in [0.1, 0.15) is 22.0 Å². The Labute approximate surface area is 117 Å². The van der Waals surface area contributed by atoms with Crippen molar-refractivity contribution < 1.29 is 18.7 Å². The van der Waals surface area contributed by atoms with E-state index in [2.05, 4.69) is 21.2 Å². The number of hydrogen-bond acceptors (Lipinski definition) is 3. The van der Waals surface area contributed by atoms with Crippen LogP contribution in [0, 0.1) is 5.82 Å². The maximum absolute atomic E-state index is 13.4. The topological polar surface area (TPSA) is 62.5 Å². The summed E-state index contributed by atoms with van der Waals surface area (Å²) >= 11 is 3.08. The SMILES string of the molecule is O=C(NCC(O)c1ccccc1F)c1coc(Br)c1. The molecular formula is C13H11BrFNO3. The Morgan fingerprint density at radius 1 is 1.47 bits per heavy atom. The van der Waals surface area contributed by atoms with Gasteiger partial charge in [0.2, 0.25) is 0 Å². The predicted octanol–water partition coefficient (Wildman–Crippen LogP) is 2.64. The monoisotopic (exact) mass is 327 g/mol. The molecule has 1 aromatic carbocycles. The van der Waals surface area contributed by atoms with E-state index in [0.717, 1.165) is 0 Å². The molecular weight excluding hydrogens is 317 g/mol. The van der Waals surface area contributed by atoms with Gasteiger partial charge in [-0.2, -0.15) is 0 Å². The summed E-state index contributed by atoms with van der Waals surface area (Å²) in [5.41, 5.74) is 0.476. The van der Waals surface area contributed by atoms with Crippen molar-refractivity contribution in [3.8, 4) is 0 Å². The van der Waals surface area contributed by atoms with Gasteiger partial charge in [0, 0.05) is 18.2 Å². The molecule has 2 N–H and O–H groups in total. The fourth-order valence-electron chi connectivity index (χ4n) is 1.58. The zero-order valence-electron chi connectivity index (χ0n) is 9.77. The Morgan fingerprint density at radius 3 is 2.84 bits per heavy atom. The van der Waals surface area contributed by atoms with E-state index in [9.17, 15) is 14.3 Å². The first-order chi connectivity index (χ1) is 9.08. The van der Waals surface area contributed by atoms with Crippen LogP contribution < -0.4 is 5.32 Å². The first-order valence-electron chi connectivity index (χ1n) is 5.52. The van der Waals surface area contributed by atoms with Gasteiger partial charge in [-0.05, 0) is 22.0 Å². The van der Waals surface area contributed by atoms with Crippen molar-refractivity contribution in [3.05, 3.63) is 58.2 Å². The minimum atomic E-state index is -1.10. The largest absolute Gasteiger partial charge is 0.457 e. The van der Waals surface area contributed by atoms with Crippen LogP contribution in [-0.2, 0) is 0 Å². The molecule has 0 bridgehead atoms. The fraction of sp³-hybridized carbons (Fsp3) is 0.154. The second kappa shape index (κ2) is 5.99. The molecule has 2 aromatic rings. The van der Waals surface area contributed by atoms with Crippen LogP contribution in [0.25, 0.3) is 0 Å². The molecule has 0 saturated heterocycles. The Kier molecular flexibility index (Phi) is 4.34. The number of furan rings is 1. The molecule has 100 valence electrons. The zero-order valence-corrected chi connectivity index (χ0v) is 11.4. The first-order valence-corrected chi connectivity index (χ1v) is 6.32. The van der Waals surface area contributed by atoms with Crippen molar-refractivity contribution in [2.75, 3.05) is 6.54 Å². The number of benzene rings is 1. The van der Waals surface area contributed by atoms with Crippen molar-refractivity contribution in [2.45, 2.75) is 6.10 Å². The van der Waals surface area contributed by atoms with Crippen LogP contribution in [0.2, 0.25) is 0 Å². The Balaban J connectivity index is 1.96. The van der Waals surface area contributed by atoms with E-state index in [1.54, 1.807) is 6.07 Å². The molecule has 1 amide bonds. The van der Waals surface area contributed by atoms with Crippen molar-refractivity contribution in [1.29, 1.82) is 0 Å². The van der Waals surface area contributed by atoms with Crippen LogP contribution in [0.3, 0.4) is 0 Å². The van der Waals surface area contributed by atoms with Crippen LogP contribution >= 0.6 is 15.9 Å². The van der Waals surface area contributed by atoms with Gasteiger partial charge in [-0.1, -0.05) is 18.2 Å². The minimum Gasteiger partial charge on any atom is -0.457 e. The first kappa shape index (κ1) is 13.8. The quantitative estimate of drug-likeness (QED) is 0.907. The lowest BCUT2D eigenvalue weighted by molar-refractivity contribution is 0.0913. The molecule has 1 heterocycles. The molecule has 1 atom stereocenters. The standard InChI is InChI=1S/C13H11BrFNO3/c14-12-5-8(7-19-12)13(18)16-6-11(17)9-3-1-2-4-10(9)15/h1-5,7,11,17H,6H2,(H,16,18). The van der Waals surface area contributed by atoms with Gasteiger partial charge in [-0.15, -0.1) is 0 Å². The number of nitrogens with one attached hydrogen (secondary N) is 1. The third kappa shape index (κ3) is 3.42. The van der Waals surface area contributed by atoms with E-state index < -0.39 is 17.8 Å². The molecule has 0 radical (unpaired) electrons. The molecule has 0 aliphatic heterocycles. The zero-order chi connectivity index (χ0) is 13.8. The minimum absolute atomic E-state index is 0.0808. The van der Waals surface area contributed by atoms with Gasteiger partial charge in [0.25, 0.3) is 5.91 Å². The normalized spacial score (nSPS) is 12.2. The van der Waals surface area contributed by atoms with E-state index in [-0.39, 0.29) is 12.1 Å². The summed E-state index contributed by atoms with van der Waals surface area (Å²) in [7, 11) is 0. The summed E-state index contributed by atoms with van der Waals surface area (Å²) in [6, 6.07) is 7.39. The highest BCUT2D eigenvalue weighted by molar-refractivity contribution is 9.10. The van der Waals surface area contributed by atoms with E-state index in [0.29, 0.717) is 10.2 Å². The molecule has 19 heavy (non-hydrogen) atoms. The van der Waals surface area contributed by atoms with E-state index in [1.807, 2.05) is 0 Å². The Morgan fingerprint density at radius 2 is 2.21 bits per heavy atom. The number of hydrogen-bond donors (Lipinski definition) is 2. The molecule has 4 nitrogen and oxygen atoms in total. The summed E-state index contributed by atoms with van der Waals surface area (Å²) in [6.45, 7) is -0.0808. The highest BCUT2D eigenvalue weighted by atomic mass is 79.9. The van der Waals surface area contributed by atoms with Crippen molar-refractivity contribution in [3.63, 3.8) is 0 Å². The van der Waals surface area contributed by atoms with Crippen molar-refractivity contribution >= 4 is 21.8 Å². The average molecular weight is 328 g/mol. The summed E-state index contributed by atoms with van der Waals surface area (Å²) < 4.78 is 18.8. The number of amides is 1. The van der Waals surface area contributed by atoms with E-state index in [1.165, 1.54) is 30.5 Å². The van der Waals surface area contributed by atoms with E-state index >= 15 is 0 Å². The van der Waals surface area contributed by atoms with Crippen molar-refractivity contribution in [2.24, 2.45) is 0 Å². The second-order valence-electron chi connectivity index (χ2n) is 3.89. The molecule has 6 heteroatoms. The molecule has 1 unspecified atom stereocenters. The fourth-order valence-corrected chi connectivity index (χ4v) is 1.92. The van der Waals surface area contributed by atoms with Gasteiger partial charge in [-0.25, -0.2) is 4.39 Å². The van der Waals surface area contributed by atoms with Crippen LogP contribution in [0.15, 0.2) is 45.7 Å². The lowest BCUT2D eigenvalue weighted by Crippen LogP contribution is -2.28.